The van der Waals surface area contributed by atoms with Crippen LogP contribution in [-0.2, 0) is 14.8 Å². The Balaban J connectivity index is 1.61. The van der Waals surface area contributed by atoms with Crippen LogP contribution in [0.5, 0.6) is 0 Å². The highest BCUT2D eigenvalue weighted by atomic mass is 35.5. The van der Waals surface area contributed by atoms with Crippen LogP contribution in [0, 0.1) is 0 Å². The van der Waals surface area contributed by atoms with E-state index in [9.17, 15) is 13.2 Å². The van der Waals surface area contributed by atoms with Crippen LogP contribution in [0.3, 0.4) is 0 Å². The summed E-state index contributed by atoms with van der Waals surface area (Å²) in [6, 6.07) is 2.57. The van der Waals surface area contributed by atoms with Crippen molar-refractivity contribution in [2.75, 3.05) is 39.4 Å². The summed E-state index contributed by atoms with van der Waals surface area (Å²) in [5.74, 6) is 0.134. The van der Waals surface area contributed by atoms with E-state index in [1.165, 1.54) is 16.4 Å². The van der Waals surface area contributed by atoms with Gasteiger partial charge >= 0.3 is 0 Å². The summed E-state index contributed by atoms with van der Waals surface area (Å²) < 4.78 is 32.5. The van der Waals surface area contributed by atoms with E-state index in [0.717, 1.165) is 0 Å². The van der Waals surface area contributed by atoms with Crippen molar-refractivity contribution in [1.29, 1.82) is 0 Å². The summed E-state index contributed by atoms with van der Waals surface area (Å²) in [6.45, 7) is 1.93. The number of ether oxygens (including phenoxy) is 1. The predicted molar refractivity (Wildman–Crippen MR) is 103 cm³/mol. The van der Waals surface area contributed by atoms with E-state index < -0.39 is 10.0 Å². The quantitative estimate of drug-likeness (QED) is 0.725. The molecule has 0 bridgehead atoms. The number of aromatic amines is 1. The fourth-order valence-corrected chi connectivity index (χ4v) is 5.72. The van der Waals surface area contributed by atoms with E-state index in [0.29, 0.717) is 38.5 Å². The zero-order valence-corrected chi connectivity index (χ0v) is 17.5. The Morgan fingerprint density at radius 3 is 2.62 bits per heavy atom. The van der Waals surface area contributed by atoms with Gasteiger partial charge in [-0.15, -0.1) is 10.2 Å². The summed E-state index contributed by atoms with van der Waals surface area (Å²) in [7, 11) is -3.88. The van der Waals surface area contributed by atoms with Gasteiger partial charge in [-0.1, -0.05) is 28.4 Å². The lowest BCUT2D eigenvalue weighted by Gasteiger charge is -2.27. The van der Waals surface area contributed by atoms with E-state index in [4.69, 9.17) is 27.9 Å². The smallest absolute Gasteiger partial charge is 0.255 e. The lowest BCUT2D eigenvalue weighted by atomic mass is 10.1. The Morgan fingerprint density at radius 2 is 1.93 bits per heavy atom. The molecule has 2 aliphatic rings. The molecule has 10 nitrogen and oxygen atoms in total. The third kappa shape index (κ3) is 3.97. The number of hydrogen-bond donors (Lipinski definition) is 1. The molecule has 0 saturated carbocycles. The highest BCUT2D eigenvalue weighted by Crippen LogP contribution is 2.33. The molecule has 1 aromatic carbocycles. The Kier molecular flexibility index (Phi) is 5.76. The summed E-state index contributed by atoms with van der Waals surface area (Å²) in [6.07, 6.45) is 0.676. The van der Waals surface area contributed by atoms with Crippen molar-refractivity contribution in [3.05, 3.63) is 33.6 Å². The molecule has 1 N–H and O–H groups in total. The molecule has 156 valence electrons. The number of aromatic nitrogens is 4. The average Bonchev–Trinajstić information content (AvgIpc) is 3.40. The van der Waals surface area contributed by atoms with Crippen molar-refractivity contribution < 1.29 is 17.9 Å². The first-order valence-corrected chi connectivity index (χ1v) is 11.2. The second-order valence-corrected chi connectivity index (χ2v) is 9.51. The first-order valence-electron chi connectivity index (χ1n) is 8.97. The highest BCUT2D eigenvalue weighted by molar-refractivity contribution is 7.89. The van der Waals surface area contributed by atoms with Gasteiger partial charge in [-0.2, -0.15) is 9.52 Å². The van der Waals surface area contributed by atoms with E-state index in [1.807, 2.05) is 0 Å². The summed E-state index contributed by atoms with van der Waals surface area (Å²) in [4.78, 5) is 14.5. The molecule has 29 heavy (non-hydrogen) atoms. The normalized spacial score (nSPS) is 20.9. The van der Waals surface area contributed by atoms with Crippen LogP contribution < -0.4 is 0 Å². The Hall–Kier alpha value is -1.79. The van der Waals surface area contributed by atoms with Crippen molar-refractivity contribution >= 4 is 39.1 Å². The number of benzene rings is 1. The van der Waals surface area contributed by atoms with Gasteiger partial charge in [0.25, 0.3) is 5.91 Å². The van der Waals surface area contributed by atoms with Gasteiger partial charge in [-0.05, 0) is 18.6 Å². The third-order valence-electron chi connectivity index (χ3n) is 5.04. The molecule has 1 amide bonds. The molecule has 0 aliphatic carbocycles. The van der Waals surface area contributed by atoms with Gasteiger partial charge < -0.3 is 9.64 Å². The van der Waals surface area contributed by atoms with E-state index in [2.05, 4.69) is 20.6 Å². The van der Waals surface area contributed by atoms with Crippen molar-refractivity contribution in [2.45, 2.75) is 17.2 Å². The molecule has 1 atom stereocenters. The van der Waals surface area contributed by atoms with Crippen LogP contribution in [0.15, 0.2) is 17.0 Å². The molecule has 2 fully saturated rings. The first kappa shape index (κ1) is 20.5. The van der Waals surface area contributed by atoms with E-state index in [-0.39, 0.29) is 45.4 Å². The number of morpholine rings is 1. The molecule has 2 saturated heterocycles. The molecule has 3 heterocycles. The Labute approximate surface area is 177 Å². The van der Waals surface area contributed by atoms with Crippen LogP contribution >= 0.6 is 23.2 Å². The molecular formula is C16H18Cl2N6O4S. The molecule has 1 aromatic heterocycles. The molecule has 0 spiro atoms. The number of hydrogen-bond acceptors (Lipinski definition) is 7. The number of amides is 1. The standard InChI is InChI=1S/C16H18Cl2N6O4S/c17-12-8-13(18)14(29(26,27)24-3-5-28-6-4-24)7-11(12)16(25)23-2-1-10(9-23)15-19-21-22-20-15/h7-8,10H,1-6,9H2,(H,19,20,21,22). The third-order valence-corrected chi connectivity index (χ3v) is 7.72. The SMILES string of the molecule is O=C(c1cc(S(=O)(=O)N2CCOCC2)c(Cl)cc1Cl)N1CCC(c2nn[nH]n2)C1. The summed E-state index contributed by atoms with van der Waals surface area (Å²) in [5, 5.41) is 14.0. The largest absolute Gasteiger partial charge is 0.379 e. The van der Waals surface area contributed by atoms with Crippen LogP contribution in [0.1, 0.15) is 28.5 Å². The van der Waals surface area contributed by atoms with Gasteiger partial charge in [0, 0.05) is 32.1 Å². The minimum absolute atomic E-state index is 0.0239. The van der Waals surface area contributed by atoms with Gasteiger partial charge in [-0.25, -0.2) is 8.42 Å². The lowest BCUT2D eigenvalue weighted by Crippen LogP contribution is -2.40. The predicted octanol–water partition coefficient (Wildman–Crippen LogP) is 1.16. The average molecular weight is 461 g/mol. The van der Waals surface area contributed by atoms with Crippen molar-refractivity contribution in [3.63, 3.8) is 0 Å². The Morgan fingerprint density at radius 1 is 1.17 bits per heavy atom. The van der Waals surface area contributed by atoms with Gasteiger partial charge in [-0.3, -0.25) is 4.79 Å². The maximum absolute atomic E-state index is 13.1. The fraction of sp³-hybridized carbons (Fsp3) is 0.500. The second kappa shape index (κ2) is 8.15. The number of carbonyl (C=O) groups excluding carboxylic acids is 1. The molecule has 2 aliphatic heterocycles. The minimum Gasteiger partial charge on any atom is -0.379 e. The molecule has 4 rings (SSSR count). The number of H-pyrrole nitrogens is 1. The van der Waals surface area contributed by atoms with E-state index in [1.54, 1.807) is 4.90 Å². The van der Waals surface area contributed by atoms with Crippen LogP contribution in [0.2, 0.25) is 10.0 Å². The van der Waals surface area contributed by atoms with Crippen LogP contribution in [-0.4, -0.2) is 83.5 Å². The number of halogens is 2. The van der Waals surface area contributed by atoms with Crippen LogP contribution in [0.25, 0.3) is 0 Å². The number of carbonyl (C=O) groups is 1. The van der Waals surface area contributed by atoms with E-state index >= 15 is 0 Å². The number of tetrazole rings is 1. The molecule has 0 radical (unpaired) electrons. The number of rotatable bonds is 4. The number of nitrogens with zero attached hydrogens (tertiary/aromatic N) is 5. The van der Waals surface area contributed by atoms with Crippen molar-refractivity contribution in [1.82, 2.24) is 29.8 Å². The summed E-state index contributed by atoms with van der Waals surface area (Å²) in [5.41, 5.74) is 0.0941. The van der Waals surface area contributed by atoms with Gasteiger partial charge in [0.2, 0.25) is 10.0 Å². The highest BCUT2D eigenvalue weighted by Gasteiger charge is 2.34. The first-order chi connectivity index (χ1) is 13.9. The number of likely N-dealkylation sites (tertiary alicyclic amines) is 1. The van der Waals surface area contributed by atoms with Gasteiger partial charge in [0.15, 0.2) is 5.82 Å². The fourth-order valence-electron chi connectivity index (χ4n) is 3.49. The lowest BCUT2D eigenvalue weighted by molar-refractivity contribution is 0.0730. The maximum atomic E-state index is 13.1. The minimum atomic E-state index is -3.88. The van der Waals surface area contributed by atoms with Gasteiger partial charge in [0.1, 0.15) is 4.90 Å². The molecule has 2 aromatic rings. The van der Waals surface area contributed by atoms with Crippen molar-refractivity contribution in [2.24, 2.45) is 0 Å². The monoisotopic (exact) mass is 460 g/mol. The summed E-state index contributed by atoms with van der Waals surface area (Å²) >= 11 is 12.4. The molecular weight excluding hydrogens is 443 g/mol. The van der Waals surface area contributed by atoms with Crippen LogP contribution in [0.4, 0.5) is 0 Å². The molecule has 1 unspecified atom stereocenters. The van der Waals surface area contributed by atoms with Crippen molar-refractivity contribution in [3.8, 4) is 0 Å². The zero-order chi connectivity index (χ0) is 20.6. The Bertz CT molecular complexity index is 1010. The molecule has 13 heteroatoms. The maximum Gasteiger partial charge on any atom is 0.255 e. The number of nitrogens with one attached hydrogen (secondary N) is 1. The second-order valence-electron chi connectivity index (χ2n) is 6.79. The zero-order valence-electron chi connectivity index (χ0n) is 15.2. The number of sulfonamides is 1. The van der Waals surface area contributed by atoms with Gasteiger partial charge in [0.05, 0.1) is 28.8 Å². The topological polar surface area (TPSA) is 121 Å².